The summed E-state index contributed by atoms with van der Waals surface area (Å²) in [7, 11) is 0. The fraction of sp³-hybridized carbons (Fsp3) is 0.531. The zero-order chi connectivity index (χ0) is 27.1. The number of carbonyl (C=O) groups excluding carboxylic acids is 1. The lowest BCUT2D eigenvalue weighted by Crippen LogP contribution is -2.21. The molecule has 0 saturated heterocycles. The number of hydrogen-bond acceptors (Lipinski definition) is 3. The van der Waals surface area contributed by atoms with Gasteiger partial charge < -0.3 is 9.84 Å². The van der Waals surface area contributed by atoms with Gasteiger partial charge in [-0.05, 0) is 43.9 Å². The van der Waals surface area contributed by atoms with E-state index in [1.54, 1.807) is 0 Å². The lowest BCUT2D eigenvalue weighted by molar-refractivity contribution is -0.129. The van der Waals surface area contributed by atoms with Gasteiger partial charge in [-0.2, -0.15) is 0 Å². The first-order chi connectivity index (χ1) is 15.7. The number of aromatic hydroxyl groups is 1. The first-order valence-electron chi connectivity index (χ1n) is 12.5. The molecule has 35 heavy (non-hydrogen) atoms. The van der Waals surface area contributed by atoms with Crippen LogP contribution >= 0.6 is 0 Å². The van der Waals surface area contributed by atoms with Crippen molar-refractivity contribution in [2.24, 2.45) is 0 Å². The Labute approximate surface area is 213 Å². The first kappa shape index (κ1) is 28.7. The molecule has 0 fully saturated rings. The molecule has 2 aromatic rings. The van der Waals surface area contributed by atoms with Gasteiger partial charge in [0.05, 0.1) is 0 Å². The topological polar surface area (TPSA) is 46.5 Å². The number of benzene rings is 2. The van der Waals surface area contributed by atoms with Gasteiger partial charge in [-0.15, -0.1) is 0 Å². The van der Waals surface area contributed by atoms with Gasteiger partial charge in [-0.25, -0.2) is 4.79 Å². The minimum absolute atomic E-state index is 0.0790. The Morgan fingerprint density at radius 1 is 0.743 bits per heavy atom. The van der Waals surface area contributed by atoms with Gasteiger partial charge in [0.1, 0.15) is 11.5 Å². The van der Waals surface area contributed by atoms with Crippen molar-refractivity contribution < 1.29 is 14.6 Å². The number of phenols is 1. The van der Waals surface area contributed by atoms with Crippen molar-refractivity contribution in [1.29, 1.82) is 0 Å². The lowest BCUT2D eigenvalue weighted by Gasteiger charge is -2.30. The van der Waals surface area contributed by atoms with Gasteiger partial charge in [0.2, 0.25) is 0 Å². The monoisotopic (exact) mass is 478 g/mol. The molecule has 0 aromatic heterocycles. The summed E-state index contributed by atoms with van der Waals surface area (Å²) in [4.78, 5) is 12.4. The Bertz CT molecular complexity index is 1110. The maximum atomic E-state index is 12.4. The van der Waals surface area contributed by atoms with E-state index in [1.165, 1.54) is 17.2 Å². The second kappa shape index (κ2) is 9.48. The Kier molecular flexibility index (Phi) is 7.77. The third-order valence-corrected chi connectivity index (χ3v) is 6.45. The summed E-state index contributed by atoms with van der Waals surface area (Å²) in [6, 6.07) is 8.51. The van der Waals surface area contributed by atoms with E-state index in [1.807, 2.05) is 0 Å². The zero-order valence-electron chi connectivity index (χ0n) is 24.1. The van der Waals surface area contributed by atoms with Crippen LogP contribution in [0.3, 0.4) is 0 Å². The number of carbonyl (C=O) groups is 1. The maximum Gasteiger partial charge on any atom is 0.335 e. The molecule has 0 saturated carbocycles. The molecule has 0 radical (unpaired) electrons. The Morgan fingerprint density at radius 3 is 1.57 bits per heavy atom. The van der Waals surface area contributed by atoms with Crippen LogP contribution in [-0.2, 0) is 32.9 Å². The average Bonchev–Trinajstić information content (AvgIpc) is 2.66. The molecule has 2 rings (SSSR count). The maximum absolute atomic E-state index is 12.4. The molecule has 0 spiro atoms. The van der Waals surface area contributed by atoms with Crippen LogP contribution in [0.1, 0.15) is 116 Å². The highest BCUT2D eigenvalue weighted by Gasteiger charge is 2.29. The second-order valence-corrected chi connectivity index (χ2v) is 13.8. The van der Waals surface area contributed by atoms with E-state index in [0.29, 0.717) is 17.9 Å². The molecule has 2 aromatic carbocycles. The first-order valence-corrected chi connectivity index (χ1v) is 12.5. The Hall–Kier alpha value is -2.55. The molecule has 0 bridgehead atoms. The standard InChI is InChI=1S/C32H46O3/c1-14-26(33)35-28-21(17-23(30(5,6)7)19-25(28)32(11,12)13)15-20-16-22(29(2,3)4)18-24(27(20)34)31(8,9)10/h14,16-19,34H,1,15H2,2-13H3. The highest BCUT2D eigenvalue weighted by Crippen LogP contribution is 2.43. The van der Waals surface area contributed by atoms with Crippen molar-refractivity contribution in [2.45, 2.75) is 111 Å². The van der Waals surface area contributed by atoms with Crippen molar-refractivity contribution >= 4 is 5.97 Å². The summed E-state index contributed by atoms with van der Waals surface area (Å²) in [5.74, 6) is 0.390. The van der Waals surface area contributed by atoms with Crippen LogP contribution in [-0.4, -0.2) is 11.1 Å². The van der Waals surface area contributed by atoms with Gasteiger partial charge in [0.25, 0.3) is 0 Å². The number of ether oxygens (including phenoxy) is 1. The quantitative estimate of drug-likeness (QED) is 0.273. The normalized spacial score (nSPS) is 13.0. The second-order valence-electron chi connectivity index (χ2n) is 13.8. The molecule has 3 nitrogen and oxygen atoms in total. The summed E-state index contributed by atoms with van der Waals surface area (Å²) in [5.41, 5.74) is 5.31. The van der Waals surface area contributed by atoms with Gasteiger partial charge in [-0.3, -0.25) is 0 Å². The van der Waals surface area contributed by atoms with Gasteiger partial charge in [0, 0.05) is 23.6 Å². The van der Waals surface area contributed by atoms with Crippen molar-refractivity contribution in [2.75, 3.05) is 0 Å². The third-order valence-electron chi connectivity index (χ3n) is 6.45. The number of phenolic OH excluding ortho intramolecular Hbond substituents is 1. The van der Waals surface area contributed by atoms with Crippen LogP contribution in [0.2, 0.25) is 0 Å². The van der Waals surface area contributed by atoms with Crippen molar-refractivity contribution in [3.63, 3.8) is 0 Å². The van der Waals surface area contributed by atoms with Crippen LogP contribution in [0.4, 0.5) is 0 Å². The average molecular weight is 479 g/mol. The molecule has 0 amide bonds. The largest absolute Gasteiger partial charge is 0.507 e. The number of esters is 1. The van der Waals surface area contributed by atoms with Gasteiger partial charge >= 0.3 is 5.97 Å². The van der Waals surface area contributed by atoms with E-state index < -0.39 is 5.97 Å². The van der Waals surface area contributed by atoms with Crippen LogP contribution in [0, 0.1) is 0 Å². The molecule has 0 aliphatic heterocycles. The molecule has 0 aliphatic rings. The summed E-state index contributed by atoms with van der Waals surface area (Å²) < 4.78 is 5.89. The molecule has 1 N–H and O–H groups in total. The molecule has 3 heteroatoms. The third kappa shape index (κ3) is 6.78. The molecule has 0 unspecified atom stereocenters. The molecular formula is C32H46O3. The predicted octanol–water partition coefficient (Wildman–Crippen LogP) is 8.26. The summed E-state index contributed by atoms with van der Waals surface area (Å²) in [6.45, 7) is 29.4. The van der Waals surface area contributed by atoms with Crippen LogP contribution in [0.25, 0.3) is 0 Å². The summed E-state index contributed by atoms with van der Waals surface area (Å²) >= 11 is 0. The van der Waals surface area contributed by atoms with Crippen molar-refractivity contribution in [3.05, 3.63) is 70.3 Å². The smallest absolute Gasteiger partial charge is 0.335 e. The predicted molar refractivity (Wildman–Crippen MR) is 148 cm³/mol. The SMILES string of the molecule is C=CC(=O)Oc1c(Cc2cc(C(C)(C)C)cc(C(C)(C)C)c2O)cc(C(C)(C)C)cc1C(C)(C)C. The molecule has 0 atom stereocenters. The molecule has 0 heterocycles. The van der Waals surface area contributed by atoms with Gasteiger partial charge in [-0.1, -0.05) is 114 Å². The summed E-state index contributed by atoms with van der Waals surface area (Å²) in [5, 5.41) is 11.4. The minimum atomic E-state index is -0.483. The zero-order valence-corrected chi connectivity index (χ0v) is 24.1. The molecular weight excluding hydrogens is 432 g/mol. The fourth-order valence-electron chi connectivity index (χ4n) is 4.11. The fourth-order valence-corrected chi connectivity index (χ4v) is 4.11. The highest BCUT2D eigenvalue weighted by molar-refractivity contribution is 5.84. The van der Waals surface area contributed by atoms with Crippen LogP contribution in [0.15, 0.2) is 36.9 Å². The van der Waals surface area contributed by atoms with Crippen LogP contribution in [0.5, 0.6) is 11.5 Å². The van der Waals surface area contributed by atoms with E-state index in [2.05, 4.69) is 114 Å². The van der Waals surface area contributed by atoms with E-state index in [9.17, 15) is 9.90 Å². The highest BCUT2D eigenvalue weighted by atomic mass is 16.5. The number of hydrogen-bond donors (Lipinski definition) is 1. The molecule has 192 valence electrons. The lowest BCUT2D eigenvalue weighted by atomic mass is 9.76. The van der Waals surface area contributed by atoms with Gasteiger partial charge in [0.15, 0.2) is 0 Å². The van der Waals surface area contributed by atoms with Crippen molar-refractivity contribution in [1.82, 2.24) is 0 Å². The number of rotatable bonds is 4. The Balaban J connectivity index is 2.92. The van der Waals surface area contributed by atoms with Crippen LogP contribution < -0.4 is 4.74 Å². The summed E-state index contributed by atoms with van der Waals surface area (Å²) in [6.07, 6.45) is 1.65. The Morgan fingerprint density at radius 2 is 1.17 bits per heavy atom. The minimum Gasteiger partial charge on any atom is -0.507 e. The van der Waals surface area contributed by atoms with E-state index in [-0.39, 0.29) is 21.7 Å². The van der Waals surface area contributed by atoms with E-state index in [4.69, 9.17) is 4.74 Å². The van der Waals surface area contributed by atoms with E-state index in [0.717, 1.165) is 22.3 Å². The van der Waals surface area contributed by atoms with E-state index >= 15 is 0 Å². The molecule has 0 aliphatic carbocycles. The van der Waals surface area contributed by atoms with Crippen molar-refractivity contribution in [3.8, 4) is 11.5 Å².